The van der Waals surface area contributed by atoms with Crippen molar-refractivity contribution in [3.8, 4) is 0 Å². The molecule has 0 bridgehead atoms. The topological polar surface area (TPSA) is 58.6 Å². The molecule has 4 nitrogen and oxygen atoms in total. The zero-order chi connectivity index (χ0) is 23.6. The molecule has 0 heterocycles. The lowest BCUT2D eigenvalue weighted by molar-refractivity contribution is -0.225. The molecule has 0 aliphatic carbocycles. The molecule has 0 atom stereocenters. The van der Waals surface area contributed by atoms with Gasteiger partial charge in [-0.1, -0.05) is 81.6 Å². The van der Waals surface area contributed by atoms with Crippen LogP contribution in [0.3, 0.4) is 0 Å². The Labute approximate surface area is 190 Å². The monoisotopic (exact) mass is 468 g/mol. The quantitative estimate of drug-likeness (QED) is 0.161. The van der Waals surface area contributed by atoms with Crippen molar-refractivity contribution < 1.29 is 18.5 Å². The van der Waals surface area contributed by atoms with Crippen molar-refractivity contribution in [1.82, 2.24) is 0 Å². The maximum absolute atomic E-state index is 11.0. The lowest BCUT2D eigenvalue weighted by atomic mass is 10.3. The molecule has 184 valence electrons. The van der Waals surface area contributed by atoms with E-state index in [9.17, 15) is 9.46 Å². The first-order valence-electron chi connectivity index (χ1n) is 12.4. The van der Waals surface area contributed by atoms with E-state index < -0.39 is 15.1 Å². The molecule has 0 radical (unpaired) electrons. The van der Waals surface area contributed by atoms with Gasteiger partial charge in [-0.25, -0.2) is 0 Å². The molecule has 6 heteroatoms. The fraction of sp³-hybridized carbons (Fsp3) is 1.00. The van der Waals surface area contributed by atoms with Crippen molar-refractivity contribution in [3.05, 3.63) is 0 Å². The van der Waals surface area contributed by atoms with Crippen LogP contribution in [0.1, 0.15) is 101 Å². The Kier molecular flexibility index (Phi) is 20.8. The fourth-order valence-corrected chi connectivity index (χ4v) is 11.4. The Bertz CT molecular complexity index is 385. The summed E-state index contributed by atoms with van der Waals surface area (Å²) in [5.41, 5.74) is 0. The van der Waals surface area contributed by atoms with Gasteiger partial charge in [0.25, 0.3) is 7.82 Å². The third-order valence-electron chi connectivity index (χ3n) is 4.74. The van der Waals surface area contributed by atoms with Crippen LogP contribution < -0.4 is 4.89 Å². The summed E-state index contributed by atoms with van der Waals surface area (Å²) in [4.78, 5) is 11.0. The highest BCUT2D eigenvalue weighted by Crippen LogP contribution is 2.62. The Morgan fingerprint density at radius 2 is 1.03 bits per heavy atom. The molecule has 0 N–H and O–H groups in total. The predicted octanol–water partition coefficient (Wildman–Crippen LogP) is 7.86. The van der Waals surface area contributed by atoms with Gasteiger partial charge in [-0.2, -0.15) is 0 Å². The standard InChI is InChI=1S/C16H36P.C8H19O4P/c1-8-9-10-17(11-14(2)3,12-15(4)5)13-16(6)7;1-3-5-7-11-13(9,10)12-8-6-4-2/h14-16H,8-13H2,1-7H3;3-8H2,1-2H3,(H,9,10)/q+1;/p-1. The molecule has 0 saturated heterocycles. The van der Waals surface area contributed by atoms with Crippen LogP contribution in [0, 0.1) is 17.8 Å². The van der Waals surface area contributed by atoms with Crippen LogP contribution in [0.5, 0.6) is 0 Å². The molecule has 0 aromatic rings. The molecule has 0 amide bonds. The lowest BCUT2D eigenvalue weighted by Crippen LogP contribution is -2.20. The van der Waals surface area contributed by atoms with Crippen LogP contribution in [0.15, 0.2) is 0 Å². The van der Waals surface area contributed by atoms with Gasteiger partial charge in [0.05, 0.1) is 37.9 Å². The van der Waals surface area contributed by atoms with Crippen LogP contribution in [0.2, 0.25) is 0 Å². The first kappa shape index (κ1) is 32.7. The largest absolute Gasteiger partial charge is 0.756 e. The van der Waals surface area contributed by atoms with Gasteiger partial charge in [0, 0.05) is 7.26 Å². The van der Waals surface area contributed by atoms with Gasteiger partial charge in [-0.05, 0) is 37.0 Å². The molecular weight excluding hydrogens is 414 g/mol. The van der Waals surface area contributed by atoms with Crippen LogP contribution >= 0.6 is 15.1 Å². The second-order valence-electron chi connectivity index (χ2n) is 9.97. The van der Waals surface area contributed by atoms with Gasteiger partial charge >= 0.3 is 0 Å². The van der Waals surface area contributed by atoms with E-state index in [0.29, 0.717) is 0 Å². The van der Waals surface area contributed by atoms with E-state index in [1.807, 2.05) is 13.8 Å². The second kappa shape index (κ2) is 19.0. The van der Waals surface area contributed by atoms with Gasteiger partial charge in [-0.15, -0.1) is 0 Å². The molecule has 0 spiro atoms. The van der Waals surface area contributed by atoms with Crippen LogP contribution in [0.4, 0.5) is 0 Å². The zero-order valence-corrected chi connectivity index (χ0v) is 23.5. The number of unbranched alkanes of at least 4 members (excludes halogenated alkanes) is 3. The number of hydrogen-bond donors (Lipinski definition) is 0. The fourth-order valence-electron chi connectivity index (χ4n) is 3.99. The van der Waals surface area contributed by atoms with E-state index in [1.165, 1.54) is 31.3 Å². The average Bonchev–Trinajstić information content (AvgIpc) is 2.59. The van der Waals surface area contributed by atoms with Gasteiger partial charge in [0.2, 0.25) is 0 Å². The summed E-state index contributed by atoms with van der Waals surface area (Å²) >= 11 is 0. The van der Waals surface area contributed by atoms with E-state index in [2.05, 4.69) is 57.5 Å². The van der Waals surface area contributed by atoms with Crippen molar-refractivity contribution in [3.63, 3.8) is 0 Å². The van der Waals surface area contributed by atoms with Crippen LogP contribution in [-0.2, 0) is 13.6 Å². The SMILES string of the molecule is CCCCOP(=O)([O-])OCCCC.CCCC[P+](CC(C)C)(CC(C)C)CC(C)C. The highest BCUT2D eigenvalue weighted by atomic mass is 31.2. The Morgan fingerprint density at radius 1 is 0.700 bits per heavy atom. The number of phosphoric acid groups is 1. The Morgan fingerprint density at radius 3 is 1.30 bits per heavy atom. The third kappa shape index (κ3) is 20.4. The summed E-state index contributed by atoms with van der Waals surface area (Å²) in [7, 11) is -4.68. The molecule has 30 heavy (non-hydrogen) atoms. The van der Waals surface area contributed by atoms with Crippen LogP contribution in [-0.4, -0.2) is 37.9 Å². The molecular formula is C24H54O4P2. The van der Waals surface area contributed by atoms with Crippen molar-refractivity contribution in [2.75, 3.05) is 37.9 Å². The third-order valence-corrected chi connectivity index (χ3v) is 11.5. The normalized spacial score (nSPS) is 12.6. The van der Waals surface area contributed by atoms with Crippen molar-refractivity contribution in [2.45, 2.75) is 101 Å². The average molecular weight is 469 g/mol. The molecule has 0 aliphatic rings. The number of phosphoric ester groups is 1. The van der Waals surface area contributed by atoms with Gasteiger partial charge in [-0.3, -0.25) is 4.57 Å². The Balaban J connectivity index is 0. The van der Waals surface area contributed by atoms with Gasteiger partial charge in [0.15, 0.2) is 0 Å². The molecule has 0 aliphatic heterocycles. The summed E-state index contributed by atoms with van der Waals surface area (Å²) in [6.07, 6.45) is 12.3. The summed E-state index contributed by atoms with van der Waals surface area (Å²) < 4.78 is 20.2. The predicted molar refractivity (Wildman–Crippen MR) is 135 cm³/mol. The molecule has 0 unspecified atom stereocenters. The van der Waals surface area contributed by atoms with E-state index in [-0.39, 0.29) is 13.2 Å². The lowest BCUT2D eigenvalue weighted by Gasteiger charge is -2.32. The number of rotatable bonds is 17. The smallest absolute Gasteiger partial charge is 0.267 e. The minimum Gasteiger partial charge on any atom is -0.756 e. The zero-order valence-electron chi connectivity index (χ0n) is 21.7. The van der Waals surface area contributed by atoms with E-state index >= 15 is 0 Å². The summed E-state index contributed by atoms with van der Waals surface area (Å²) in [6.45, 7) is 21.2. The number of hydrogen-bond acceptors (Lipinski definition) is 4. The first-order valence-corrected chi connectivity index (χ1v) is 16.4. The highest BCUT2D eigenvalue weighted by Gasteiger charge is 2.38. The summed E-state index contributed by atoms with van der Waals surface area (Å²) in [5, 5.41) is 0. The molecule has 0 rings (SSSR count). The van der Waals surface area contributed by atoms with E-state index in [4.69, 9.17) is 0 Å². The molecule has 0 aromatic heterocycles. The van der Waals surface area contributed by atoms with Gasteiger partial charge in [0.1, 0.15) is 0 Å². The summed E-state index contributed by atoms with van der Waals surface area (Å²) in [6, 6.07) is 0. The van der Waals surface area contributed by atoms with E-state index in [1.54, 1.807) is 6.16 Å². The minimum atomic E-state index is -4.00. The molecule has 0 saturated carbocycles. The van der Waals surface area contributed by atoms with Crippen molar-refractivity contribution >= 4 is 15.1 Å². The molecule has 0 fully saturated rings. The highest BCUT2D eigenvalue weighted by molar-refractivity contribution is 7.75. The maximum Gasteiger partial charge on any atom is 0.267 e. The molecule has 0 aromatic carbocycles. The minimum absolute atomic E-state index is 0.226. The maximum atomic E-state index is 11.0. The van der Waals surface area contributed by atoms with Crippen molar-refractivity contribution in [1.29, 1.82) is 0 Å². The van der Waals surface area contributed by atoms with Gasteiger partial charge < -0.3 is 13.9 Å². The Hall–Kier alpha value is 0.540. The van der Waals surface area contributed by atoms with Crippen LogP contribution in [0.25, 0.3) is 0 Å². The second-order valence-corrected chi connectivity index (χ2v) is 15.6. The van der Waals surface area contributed by atoms with E-state index in [0.717, 1.165) is 43.4 Å². The first-order chi connectivity index (χ1) is 13.9. The van der Waals surface area contributed by atoms with Crippen molar-refractivity contribution in [2.24, 2.45) is 17.8 Å². The summed E-state index contributed by atoms with van der Waals surface area (Å²) in [5.74, 6) is 2.66.